The van der Waals surface area contributed by atoms with Gasteiger partial charge < -0.3 is 13.4 Å². The quantitative estimate of drug-likeness (QED) is 0.421. The van der Waals surface area contributed by atoms with Gasteiger partial charge in [-0.05, 0) is 56.3 Å². The molecule has 1 aromatic carbocycles. The van der Waals surface area contributed by atoms with Crippen LogP contribution >= 0.6 is 0 Å². The van der Waals surface area contributed by atoms with Crippen LogP contribution in [0.5, 0.6) is 0 Å². The maximum atomic E-state index is 13.2. The lowest BCUT2D eigenvalue weighted by molar-refractivity contribution is 0.225. The Labute approximate surface area is 167 Å². The molecule has 0 aliphatic carbocycles. The minimum absolute atomic E-state index is 0.284. The summed E-state index contributed by atoms with van der Waals surface area (Å²) in [4.78, 5) is 2.17. The zero-order valence-electron chi connectivity index (χ0n) is 16.3. The number of rotatable bonds is 8. The highest BCUT2D eigenvalue weighted by molar-refractivity contribution is 5.61. The Morgan fingerprint density at radius 3 is 2.62 bits per heavy atom. The van der Waals surface area contributed by atoms with Crippen molar-refractivity contribution in [3.05, 3.63) is 65.6 Å². The molecule has 0 fully saturated rings. The second-order valence-corrected chi connectivity index (χ2v) is 6.78. The van der Waals surface area contributed by atoms with E-state index in [9.17, 15) is 4.39 Å². The predicted molar refractivity (Wildman–Crippen MR) is 103 cm³/mol. The first-order valence-corrected chi connectivity index (χ1v) is 9.43. The monoisotopic (exact) mass is 396 g/mol. The van der Waals surface area contributed by atoms with Crippen LogP contribution in [-0.2, 0) is 13.1 Å². The fraction of sp³-hybridized carbons (Fsp3) is 0.286. The molecule has 8 heteroatoms. The van der Waals surface area contributed by atoms with Gasteiger partial charge in [0.25, 0.3) is 5.89 Å². The van der Waals surface area contributed by atoms with Gasteiger partial charge in [-0.3, -0.25) is 4.90 Å². The highest BCUT2D eigenvalue weighted by atomic mass is 19.1. The van der Waals surface area contributed by atoms with Gasteiger partial charge >= 0.3 is 0 Å². The molecule has 3 heterocycles. The first-order valence-electron chi connectivity index (χ1n) is 9.43. The lowest BCUT2D eigenvalue weighted by Gasteiger charge is -2.18. The second kappa shape index (κ2) is 8.40. The van der Waals surface area contributed by atoms with Crippen molar-refractivity contribution in [1.82, 2.24) is 20.3 Å². The summed E-state index contributed by atoms with van der Waals surface area (Å²) in [5.41, 5.74) is 2.55. The van der Waals surface area contributed by atoms with Gasteiger partial charge in [-0.15, -0.1) is 10.2 Å². The van der Waals surface area contributed by atoms with Crippen LogP contribution in [0.3, 0.4) is 0 Å². The molecular weight excluding hydrogens is 375 g/mol. The highest BCUT2D eigenvalue weighted by Crippen LogP contribution is 2.27. The number of furan rings is 1. The fourth-order valence-corrected chi connectivity index (χ4v) is 3.14. The Morgan fingerprint density at radius 1 is 1.07 bits per heavy atom. The molecule has 7 nitrogen and oxygen atoms in total. The molecule has 0 aliphatic heterocycles. The van der Waals surface area contributed by atoms with E-state index >= 15 is 0 Å². The van der Waals surface area contributed by atoms with Gasteiger partial charge in [0.05, 0.1) is 12.8 Å². The first kappa shape index (κ1) is 19.1. The molecule has 0 saturated heterocycles. The number of hydrogen-bond donors (Lipinski definition) is 0. The molecule has 4 aromatic rings. The molecule has 0 radical (unpaired) electrons. The molecule has 0 amide bonds. The van der Waals surface area contributed by atoms with E-state index in [0.29, 0.717) is 36.4 Å². The third kappa shape index (κ3) is 4.27. The predicted octanol–water partition coefficient (Wildman–Crippen LogP) is 4.84. The van der Waals surface area contributed by atoms with Crippen molar-refractivity contribution in [3.8, 4) is 23.0 Å². The number of halogens is 1. The van der Waals surface area contributed by atoms with Crippen LogP contribution in [0.4, 0.5) is 4.39 Å². The number of aromatic nitrogens is 3. The van der Waals surface area contributed by atoms with Gasteiger partial charge in [0.2, 0.25) is 5.89 Å². The van der Waals surface area contributed by atoms with E-state index in [1.807, 2.05) is 6.92 Å². The molecule has 3 aromatic heterocycles. The van der Waals surface area contributed by atoms with Crippen molar-refractivity contribution < 1.29 is 17.7 Å². The zero-order chi connectivity index (χ0) is 20.2. The summed E-state index contributed by atoms with van der Waals surface area (Å²) in [6.07, 6.45) is 2.52. The summed E-state index contributed by atoms with van der Waals surface area (Å²) in [5, 5.41) is 12.4. The Morgan fingerprint density at radius 2 is 1.90 bits per heavy atom. The van der Waals surface area contributed by atoms with Gasteiger partial charge in [0.15, 0.2) is 11.5 Å². The molecule has 150 valence electrons. The minimum atomic E-state index is -0.284. The van der Waals surface area contributed by atoms with Crippen molar-refractivity contribution in [2.75, 3.05) is 6.54 Å². The number of benzene rings is 1. The summed E-state index contributed by atoms with van der Waals surface area (Å²) in [5.74, 6) is 1.77. The van der Waals surface area contributed by atoms with E-state index in [4.69, 9.17) is 13.4 Å². The van der Waals surface area contributed by atoms with Crippen LogP contribution in [0.25, 0.3) is 23.0 Å². The van der Waals surface area contributed by atoms with Crippen molar-refractivity contribution in [2.24, 2.45) is 0 Å². The summed E-state index contributed by atoms with van der Waals surface area (Å²) < 4.78 is 29.7. The van der Waals surface area contributed by atoms with Crippen molar-refractivity contribution in [2.45, 2.75) is 33.4 Å². The summed E-state index contributed by atoms with van der Waals surface area (Å²) in [7, 11) is 0. The highest BCUT2D eigenvalue weighted by Gasteiger charge is 2.19. The maximum absolute atomic E-state index is 13.2. The number of nitrogens with zero attached hydrogens (tertiary/aromatic N) is 4. The molecule has 0 saturated carbocycles. The van der Waals surface area contributed by atoms with Gasteiger partial charge in [0, 0.05) is 17.7 Å². The van der Waals surface area contributed by atoms with E-state index in [1.54, 1.807) is 30.5 Å². The summed E-state index contributed by atoms with van der Waals surface area (Å²) >= 11 is 0. The summed E-state index contributed by atoms with van der Waals surface area (Å²) in [6, 6.07) is 9.74. The molecule has 0 aliphatic rings. The molecule has 0 bridgehead atoms. The smallest absolute Gasteiger partial charge is 0.283 e. The van der Waals surface area contributed by atoms with Gasteiger partial charge in [-0.2, -0.15) is 0 Å². The molecule has 0 N–H and O–H groups in total. The van der Waals surface area contributed by atoms with Gasteiger partial charge in [-0.25, -0.2) is 4.39 Å². The van der Waals surface area contributed by atoms with E-state index in [0.717, 1.165) is 29.8 Å². The Balaban J connectivity index is 1.49. The van der Waals surface area contributed by atoms with Crippen molar-refractivity contribution >= 4 is 0 Å². The second-order valence-electron chi connectivity index (χ2n) is 6.78. The van der Waals surface area contributed by atoms with Crippen molar-refractivity contribution in [3.63, 3.8) is 0 Å². The fourth-order valence-electron chi connectivity index (χ4n) is 3.14. The van der Waals surface area contributed by atoms with E-state index in [-0.39, 0.29) is 5.82 Å². The lowest BCUT2D eigenvalue weighted by atomic mass is 10.1. The molecule has 0 atom stereocenters. The molecule has 0 spiro atoms. The summed E-state index contributed by atoms with van der Waals surface area (Å²) in [6.45, 7) is 5.95. The lowest BCUT2D eigenvalue weighted by Crippen LogP contribution is -2.24. The van der Waals surface area contributed by atoms with Crippen LogP contribution < -0.4 is 0 Å². The van der Waals surface area contributed by atoms with Crippen LogP contribution in [0.1, 0.15) is 30.5 Å². The largest absolute Gasteiger partial charge is 0.459 e. The zero-order valence-corrected chi connectivity index (χ0v) is 16.3. The SMILES string of the molecule is CCCN(Cc1nnc(-c2ccco2)o1)Cc1noc(-c2ccc(F)cc2)c1C. The van der Waals surface area contributed by atoms with E-state index in [2.05, 4.69) is 27.2 Å². The average Bonchev–Trinajstić information content (AvgIpc) is 3.45. The number of hydrogen-bond acceptors (Lipinski definition) is 7. The Bertz CT molecular complexity index is 1050. The topological polar surface area (TPSA) is 81.3 Å². The van der Waals surface area contributed by atoms with E-state index < -0.39 is 0 Å². The first-order chi connectivity index (χ1) is 14.1. The van der Waals surface area contributed by atoms with Crippen LogP contribution in [0, 0.1) is 12.7 Å². The van der Waals surface area contributed by atoms with Crippen LogP contribution in [0.2, 0.25) is 0 Å². The van der Waals surface area contributed by atoms with Crippen molar-refractivity contribution in [1.29, 1.82) is 0 Å². The Kier molecular flexibility index (Phi) is 5.53. The average molecular weight is 396 g/mol. The van der Waals surface area contributed by atoms with Crippen LogP contribution in [0.15, 0.2) is 56.0 Å². The molecule has 4 rings (SSSR count). The third-order valence-electron chi connectivity index (χ3n) is 4.60. The van der Waals surface area contributed by atoms with Gasteiger partial charge in [-0.1, -0.05) is 12.1 Å². The maximum Gasteiger partial charge on any atom is 0.283 e. The van der Waals surface area contributed by atoms with E-state index in [1.165, 1.54) is 12.1 Å². The molecule has 0 unspecified atom stereocenters. The van der Waals surface area contributed by atoms with Gasteiger partial charge in [0.1, 0.15) is 11.5 Å². The molecule has 29 heavy (non-hydrogen) atoms. The normalized spacial score (nSPS) is 11.4. The van der Waals surface area contributed by atoms with Crippen LogP contribution in [-0.4, -0.2) is 26.8 Å². The third-order valence-corrected chi connectivity index (χ3v) is 4.60. The Hall–Kier alpha value is -3.26. The molecular formula is C21H21FN4O3. The standard InChI is InChI=1S/C21H21FN4O3/c1-3-10-26(13-19-23-24-21(28-19)18-5-4-11-27-18)12-17-14(2)20(29-25-17)15-6-8-16(22)9-7-15/h4-9,11H,3,10,12-13H2,1-2H3. The minimum Gasteiger partial charge on any atom is -0.459 e.